The van der Waals surface area contributed by atoms with Crippen molar-refractivity contribution in [2.75, 3.05) is 23.8 Å². The first-order valence-electron chi connectivity index (χ1n) is 5.64. The van der Waals surface area contributed by atoms with Gasteiger partial charge in [-0.15, -0.1) is 0 Å². The molecule has 0 aromatic carbocycles. The van der Waals surface area contributed by atoms with E-state index in [9.17, 15) is 13.2 Å². The molecule has 16 heavy (non-hydrogen) atoms. The van der Waals surface area contributed by atoms with Gasteiger partial charge in [-0.05, 0) is 18.8 Å². The van der Waals surface area contributed by atoms with Gasteiger partial charge >= 0.3 is 0 Å². The lowest BCUT2D eigenvalue weighted by Gasteiger charge is -2.08. The molecule has 0 aromatic heterocycles. The predicted molar refractivity (Wildman–Crippen MR) is 67.5 cm³/mol. The first-order valence-corrected chi connectivity index (χ1v) is 8.45. The van der Waals surface area contributed by atoms with E-state index in [1.54, 1.807) is 0 Å². The van der Waals surface area contributed by atoms with Crippen LogP contribution in [0.15, 0.2) is 0 Å². The van der Waals surface area contributed by atoms with E-state index in [4.69, 9.17) is 0 Å². The van der Waals surface area contributed by atoms with E-state index in [0.29, 0.717) is 13.0 Å². The van der Waals surface area contributed by atoms with Crippen molar-refractivity contribution in [1.29, 1.82) is 0 Å². The molecule has 0 spiro atoms. The molecule has 1 aliphatic heterocycles. The van der Waals surface area contributed by atoms with Crippen molar-refractivity contribution in [3.05, 3.63) is 0 Å². The highest BCUT2D eigenvalue weighted by Crippen LogP contribution is 2.17. The highest BCUT2D eigenvalue weighted by atomic mass is 32.2. The van der Waals surface area contributed by atoms with Crippen LogP contribution < -0.4 is 5.32 Å². The smallest absolute Gasteiger partial charge is 0.279 e. The van der Waals surface area contributed by atoms with Crippen LogP contribution in [0.5, 0.6) is 0 Å². The Morgan fingerprint density at radius 1 is 1.50 bits per heavy atom. The molecular weight excluding hydrogens is 246 g/mol. The average molecular weight is 265 g/mol. The van der Waals surface area contributed by atoms with Crippen LogP contribution >= 0.6 is 11.8 Å². The number of carbonyl (C=O) groups excluding carboxylic acids is 1. The molecule has 0 aliphatic carbocycles. The minimum atomic E-state index is -2.82. The topological polar surface area (TPSA) is 63.2 Å². The van der Waals surface area contributed by atoms with Gasteiger partial charge in [-0.2, -0.15) is 0 Å². The molecule has 4 nitrogen and oxygen atoms in total. The van der Waals surface area contributed by atoms with E-state index >= 15 is 0 Å². The van der Waals surface area contributed by atoms with Gasteiger partial charge in [-0.25, -0.2) is 8.42 Å². The fourth-order valence-electron chi connectivity index (χ4n) is 1.62. The lowest BCUT2D eigenvalue weighted by molar-refractivity contribution is 0.259. The van der Waals surface area contributed by atoms with Crippen molar-refractivity contribution in [3.8, 4) is 0 Å². The van der Waals surface area contributed by atoms with E-state index in [0.717, 1.165) is 18.6 Å². The van der Waals surface area contributed by atoms with E-state index in [-0.39, 0.29) is 22.7 Å². The maximum atomic E-state index is 11.3. The molecule has 0 saturated carbocycles. The summed E-state index contributed by atoms with van der Waals surface area (Å²) in [4.78, 5) is 11.3. The lowest BCUT2D eigenvalue weighted by Crippen LogP contribution is -2.27. The molecule has 1 saturated heterocycles. The lowest BCUT2D eigenvalue weighted by atomic mass is 10.1. The van der Waals surface area contributed by atoms with Gasteiger partial charge in [0.15, 0.2) is 9.84 Å². The first-order chi connectivity index (χ1) is 7.53. The van der Waals surface area contributed by atoms with Gasteiger partial charge in [0, 0.05) is 12.3 Å². The third-order valence-electron chi connectivity index (χ3n) is 2.59. The highest BCUT2D eigenvalue weighted by Gasteiger charge is 2.27. The molecule has 1 fully saturated rings. The van der Waals surface area contributed by atoms with Gasteiger partial charge in [0.05, 0.1) is 11.5 Å². The average Bonchev–Trinajstić information content (AvgIpc) is 2.56. The van der Waals surface area contributed by atoms with E-state index in [1.165, 1.54) is 11.8 Å². The maximum absolute atomic E-state index is 11.3. The van der Waals surface area contributed by atoms with Crippen LogP contribution in [0, 0.1) is 5.92 Å². The highest BCUT2D eigenvalue weighted by molar-refractivity contribution is 8.13. The molecule has 0 radical (unpaired) electrons. The van der Waals surface area contributed by atoms with Gasteiger partial charge in [0.1, 0.15) is 0 Å². The predicted octanol–water partition coefficient (Wildman–Crippen LogP) is 1.66. The Morgan fingerprint density at radius 2 is 2.25 bits per heavy atom. The molecular formula is C10H19NO3S2. The fraction of sp³-hybridized carbons (Fsp3) is 0.900. The van der Waals surface area contributed by atoms with Crippen molar-refractivity contribution >= 4 is 26.8 Å². The van der Waals surface area contributed by atoms with Gasteiger partial charge < -0.3 is 5.32 Å². The van der Waals surface area contributed by atoms with E-state index in [1.807, 2.05) is 0 Å². The largest absolute Gasteiger partial charge is 0.347 e. The van der Waals surface area contributed by atoms with Crippen molar-refractivity contribution in [2.24, 2.45) is 5.92 Å². The minimum absolute atomic E-state index is 0.0299. The summed E-state index contributed by atoms with van der Waals surface area (Å²) in [5.74, 6) is 1.45. The van der Waals surface area contributed by atoms with Gasteiger partial charge in [-0.1, -0.05) is 25.1 Å². The summed E-state index contributed by atoms with van der Waals surface area (Å²) in [5, 5.41) is 2.75. The molecule has 94 valence electrons. The molecule has 6 heteroatoms. The molecule has 0 bridgehead atoms. The molecule has 1 aliphatic rings. The Morgan fingerprint density at radius 3 is 2.81 bits per heavy atom. The van der Waals surface area contributed by atoms with Crippen molar-refractivity contribution in [1.82, 2.24) is 5.32 Å². The van der Waals surface area contributed by atoms with Crippen LogP contribution in [0.4, 0.5) is 4.79 Å². The monoisotopic (exact) mass is 265 g/mol. The number of hydrogen-bond acceptors (Lipinski definition) is 4. The molecule has 1 rings (SSSR count). The maximum Gasteiger partial charge on any atom is 0.279 e. The Kier molecular flexibility index (Phi) is 5.61. The van der Waals surface area contributed by atoms with Crippen LogP contribution in [0.1, 0.15) is 26.2 Å². The van der Waals surface area contributed by atoms with Crippen molar-refractivity contribution < 1.29 is 13.2 Å². The number of thioether (sulfide) groups is 1. The minimum Gasteiger partial charge on any atom is -0.347 e. The molecule has 1 N–H and O–H groups in total. The Hall–Kier alpha value is -0.230. The quantitative estimate of drug-likeness (QED) is 0.768. The summed E-state index contributed by atoms with van der Waals surface area (Å²) in [6.07, 6.45) is 2.80. The summed E-state index contributed by atoms with van der Waals surface area (Å²) in [5.41, 5.74) is 0. The Bertz CT molecular complexity index is 327. The number of carbonyl (C=O) groups is 1. The number of nitrogens with one attached hydrogen (secondary N) is 1. The fourth-order valence-corrected chi connectivity index (χ4v) is 4.29. The zero-order chi connectivity index (χ0) is 12.0. The van der Waals surface area contributed by atoms with Crippen LogP contribution in [-0.4, -0.2) is 37.5 Å². The number of rotatable bonds is 5. The van der Waals surface area contributed by atoms with Crippen molar-refractivity contribution in [3.63, 3.8) is 0 Å². The third kappa shape index (κ3) is 5.21. The van der Waals surface area contributed by atoms with Crippen molar-refractivity contribution in [2.45, 2.75) is 26.2 Å². The normalized spacial score (nSPS) is 23.2. The molecule has 1 amide bonds. The van der Waals surface area contributed by atoms with Gasteiger partial charge in [0.25, 0.3) is 5.24 Å². The second-order valence-electron chi connectivity index (χ2n) is 4.14. The number of hydrogen-bond donors (Lipinski definition) is 1. The summed E-state index contributed by atoms with van der Waals surface area (Å²) < 4.78 is 22.4. The summed E-state index contributed by atoms with van der Waals surface area (Å²) >= 11 is 1.28. The van der Waals surface area contributed by atoms with Crippen LogP contribution in [0.2, 0.25) is 0 Å². The number of unbranched alkanes of at least 4 members (excludes halogenated alkanes) is 1. The summed E-state index contributed by atoms with van der Waals surface area (Å²) in [7, 11) is -2.82. The molecule has 1 heterocycles. The third-order valence-corrected chi connectivity index (χ3v) is 5.33. The second-order valence-corrected chi connectivity index (χ2v) is 7.44. The molecule has 0 aromatic rings. The Labute approximate surface area is 101 Å². The Balaban J connectivity index is 2.13. The zero-order valence-corrected chi connectivity index (χ0v) is 11.2. The van der Waals surface area contributed by atoms with Crippen LogP contribution in [0.3, 0.4) is 0 Å². The van der Waals surface area contributed by atoms with Crippen LogP contribution in [0.25, 0.3) is 0 Å². The summed E-state index contributed by atoms with van der Waals surface area (Å²) in [6.45, 7) is 2.58. The molecule has 1 atom stereocenters. The van der Waals surface area contributed by atoms with Gasteiger partial charge in [-0.3, -0.25) is 4.79 Å². The standard InChI is InChI=1S/C10H19NO3S2/c1-2-3-5-15-10(12)11-7-9-4-6-16(13,14)8-9/h9H,2-8H2,1H3,(H,11,12)/t9-/m1/s1. The number of amides is 1. The zero-order valence-electron chi connectivity index (χ0n) is 9.57. The SMILES string of the molecule is CCCCSC(=O)NC[C@H]1CCS(=O)(=O)C1. The molecule has 0 unspecified atom stereocenters. The van der Waals surface area contributed by atoms with Gasteiger partial charge in [0.2, 0.25) is 0 Å². The summed E-state index contributed by atoms with van der Waals surface area (Å²) in [6, 6.07) is 0. The van der Waals surface area contributed by atoms with E-state index in [2.05, 4.69) is 12.2 Å². The van der Waals surface area contributed by atoms with Crippen LogP contribution in [-0.2, 0) is 9.84 Å². The number of sulfone groups is 1. The first kappa shape index (κ1) is 13.8. The van der Waals surface area contributed by atoms with E-state index < -0.39 is 9.84 Å². The second kappa shape index (κ2) is 6.49.